The molecule has 1 saturated heterocycles. The second kappa shape index (κ2) is 9.65. The molecule has 8 heteroatoms. The number of carbonyl (C=O) groups excluding carboxylic acids is 4. The monoisotopic (exact) mass is 485 g/mol. The van der Waals surface area contributed by atoms with E-state index in [9.17, 15) is 19.2 Å². The van der Waals surface area contributed by atoms with Gasteiger partial charge in [-0.2, -0.15) is 0 Å². The molecule has 36 heavy (non-hydrogen) atoms. The molecular weight excluding hydrogens is 458 g/mol. The minimum atomic E-state index is -0.779. The van der Waals surface area contributed by atoms with Crippen LogP contribution in [0.15, 0.2) is 54.1 Å². The number of methoxy groups -OCH3 is 1. The third kappa shape index (κ3) is 4.33. The zero-order valence-corrected chi connectivity index (χ0v) is 20.8. The lowest BCUT2D eigenvalue weighted by atomic mass is 10.1. The van der Waals surface area contributed by atoms with Crippen LogP contribution in [-0.2, 0) is 20.7 Å². The Hall–Kier alpha value is -4.46. The molecule has 4 amide bonds. The van der Waals surface area contributed by atoms with E-state index in [1.807, 2.05) is 56.5 Å². The summed E-state index contributed by atoms with van der Waals surface area (Å²) in [6.07, 6.45) is 2.33. The fourth-order valence-corrected chi connectivity index (χ4v) is 4.38. The summed E-state index contributed by atoms with van der Waals surface area (Å²) in [5.74, 6) is -1.84. The van der Waals surface area contributed by atoms with Crippen molar-refractivity contribution in [3.8, 4) is 5.69 Å². The minimum absolute atomic E-state index is 0.132. The zero-order chi connectivity index (χ0) is 26.1. The molecule has 0 unspecified atom stereocenters. The second-order valence-electron chi connectivity index (χ2n) is 8.63. The Morgan fingerprint density at radius 3 is 2.31 bits per heavy atom. The number of barbiturate groups is 1. The number of hydrogen-bond acceptors (Lipinski definition) is 5. The number of imide groups is 2. The van der Waals surface area contributed by atoms with E-state index < -0.39 is 23.8 Å². The maximum absolute atomic E-state index is 13.3. The number of nitrogens with zero attached hydrogens (tertiary/aromatic N) is 2. The maximum Gasteiger partial charge on any atom is 0.337 e. The Labute approximate surface area is 209 Å². The van der Waals surface area contributed by atoms with Gasteiger partial charge in [0.1, 0.15) is 5.57 Å². The molecular formula is C28H27N3O5. The summed E-state index contributed by atoms with van der Waals surface area (Å²) in [7, 11) is 1.34. The van der Waals surface area contributed by atoms with Crippen molar-refractivity contribution in [2.75, 3.05) is 12.0 Å². The molecule has 8 nitrogen and oxygen atoms in total. The average molecular weight is 486 g/mol. The van der Waals surface area contributed by atoms with Gasteiger partial charge in [-0.1, -0.05) is 19.1 Å². The van der Waals surface area contributed by atoms with Crippen molar-refractivity contribution in [2.24, 2.45) is 0 Å². The van der Waals surface area contributed by atoms with E-state index in [0.717, 1.165) is 39.5 Å². The third-order valence-electron chi connectivity index (χ3n) is 6.33. The predicted molar refractivity (Wildman–Crippen MR) is 136 cm³/mol. The van der Waals surface area contributed by atoms with Crippen molar-refractivity contribution in [3.63, 3.8) is 0 Å². The highest BCUT2D eigenvalue weighted by Gasteiger charge is 2.37. The molecule has 1 aliphatic heterocycles. The molecule has 0 radical (unpaired) electrons. The lowest BCUT2D eigenvalue weighted by Crippen LogP contribution is -2.54. The number of aromatic nitrogens is 1. The fraction of sp³-hybridized carbons (Fsp3) is 0.214. The molecule has 2 aromatic carbocycles. The zero-order valence-electron chi connectivity index (χ0n) is 20.8. The number of carbonyl (C=O) groups is 4. The number of rotatable bonds is 5. The molecule has 184 valence electrons. The number of benzene rings is 2. The van der Waals surface area contributed by atoms with Gasteiger partial charge in [0.2, 0.25) is 0 Å². The summed E-state index contributed by atoms with van der Waals surface area (Å²) < 4.78 is 6.79. The molecule has 2 heterocycles. The Bertz CT molecular complexity index is 1430. The number of nitrogens with one attached hydrogen (secondary N) is 1. The highest BCUT2D eigenvalue weighted by Crippen LogP contribution is 2.28. The van der Waals surface area contributed by atoms with Crippen molar-refractivity contribution < 1.29 is 23.9 Å². The molecule has 1 N–H and O–H groups in total. The first-order valence-corrected chi connectivity index (χ1v) is 11.5. The molecule has 1 aromatic heterocycles. The average Bonchev–Trinajstić information content (AvgIpc) is 3.13. The van der Waals surface area contributed by atoms with E-state index in [-0.39, 0.29) is 5.57 Å². The molecule has 0 spiro atoms. The Morgan fingerprint density at radius 2 is 1.69 bits per heavy atom. The van der Waals surface area contributed by atoms with Crippen molar-refractivity contribution in [2.45, 2.75) is 34.1 Å². The Balaban J connectivity index is 1.73. The van der Waals surface area contributed by atoms with E-state index in [4.69, 9.17) is 4.74 Å². The van der Waals surface area contributed by atoms with E-state index in [0.29, 0.717) is 16.8 Å². The van der Waals surface area contributed by atoms with Crippen molar-refractivity contribution in [1.82, 2.24) is 9.88 Å². The van der Waals surface area contributed by atoms with Gasteiger partial charge in [0.25, 0.3) is 11.8 Å². The van der Waals surface area contributed by atoms with Crippen LogP contribution >= 0.6 is 0 Å². The number of esters is 1. The van der Waals surface area contributed by atoms with Crippen molar-refractivity contribution in [1.29, 1.82) is 0 Å². The van der Waals surface area contributed by atoms with Gasteiger partial charge in [-0.3, -0.25) is 14.9 Å². The Kier molecular flexibility index (Phi) is 6.61. The number of ether oxygens (including phenoxy) is 1. The first-order chi connectivity index (χ1) is 17.2. The maximum atomic E-state index is 13.3. The van der Waals surface area contributed by atoms with Crippen LogP contribution in [0.3, 0.4) is 0 Å². The fourth-order valence-electron chi connectivity index (χ4n) is 4.38. The molecule has 0 atom stereocenters. The third-order valence-corrected chi connectivity index (χ3v) is 6.33. The number of anilines is 1. The van der Waals surface area contributed by atoms with Crippen LogP contribution in [0.4, 0.5) is 10.5 Å². The van der Waals surface area contributed by atoms with Gasteiger partial charge < -0.3 is 9.30 Å². The molecule has 3 aromatic rings. The quantitative estimate of drug-likeness (QED) is 0.328. The minimum Gasteiger partial charge on any atom is -0.465 e. The number of amides is 4. The van der Waals surface area contributed by atoms with Crippen LogP contribution in [0.5, 0.6) is 0 Å². The highest BCUT2D eigenvalue weighted by atomic mass is 16.5. The van der Waals surface area contributed by atoms with Crippen LogP contribution in [0.1, 0.15) is 45.4 Å². The van der Waals surface area contributed by atoms with E-state index in [2.05, 4.69) is 5.32 Å². The SMILES string of the molecule is CCc1ccc(N2C(=O)NC(=O)/C(=C/c3cc(C)n(-c4ccc(C(=O)OC)cc4C)c3C)C2=O)cc1. The van der Waals surface area contributed by atoms with Gasteiger partial charge in [-0.05, 0) is 86.4 Å². The molecule has 0 aliphatic carbocycles. The van der Waals surface area contributed by atoms with Crippen LogP contribution < -0.4 is 10.2 Å². The van der Waals surface area contributed by atoms with Gasteiger partial charge in [0, 0.05) is 17.1 Å². The normalized spacial score (nSPS) is 14.9. The summed E-state index contributed by atoms with van der Waals surface area (Å²) >= 11 is 0. The van der Waals surface area contributed by atoms with Gasteiger partial charge >= 0.3 is 12.0 Å². The van der Waals surface area contributed by atoms with Crippen molar-refractivity contribution >= 4 is 35.6 Å². The topological polar surface area (TPSA) is 97.7 Å². The van der Waals surface area contributed by atoms with Gasteiger partial charge in [-0.15, -0.1) is 0 Å². The smallest absolute Gasteiger partial charge is 0.337 e. The predicted octanol–water partition coefficient (Wildman–Crippen LogP) is 4.42. The number of urea groups is 1. The van der Waals surface area contributed by atoms with Gasteiger partial charge in [-0.25, -0.2) is 14.5 Å². The van der Waals surface area contributed by atoms with E-state index in [1.165, 1.54) is 13.2 Å². The molecule has 4 rings (SSSR count). The van der Waals surface area contributed by atoms with Crippen LogP contribution in [0, 0.1) is 20.8 Å². The summed E-state index contributed by atoms with van der Waals surface area (Å²) in [6.45, 7) is 7.70. The lowest BCUT2D eigenvalue weighted by molar-refractivity contribution is -0.122. The highest BCUT2D eigenvalue weighted by molar-refractivity contribution is 6.39. The van der Waals surface area contributed by atoms with Crippen LogP contribution in [0.2, 0.25) is 0 Å². The van der Waals surface area contributed by atoms with Gasteiger partial charge in [0.05, 0.1) is 18.4 Å². The Morgan fingerprint density at radius 1 is 1.00 bits per heavy atom. The number of hydrogen-bond donors (Lipinski definition) is 1. The van der Waals surface area contributed by atoms with Crippen molar-refractivity contribution in [3.05, 3.63) is 87.7 Å². The summed E-state index contributed by atoms with van der Waals surface area (Å²) in [6, 6.07) is 13.4. The molecule has 0 bridgehead atoms. The molecule has 1 fully saturated rings. The molecule has 0 saturated carbocycles. The van der Waals surface area contributed by atoms with Crippen LogP contribution in [0.25, 0.3) is 11.8 Å². The standard InChI is InChI=1S/C28H27N3O5/c1-6-19-7-10-22(11-8-19)31-26(33)23(25(32)29-28(31)35)15-21-14-17(3)30(18(21)4)24-12-9-20(13-16(24)2)27(34)36-5/h7-15H,6H2,1-5H3,(H,29,32,35)/b23-15-. The lowest BCUT2D eigenvalue weighted by Gasteiger charge is -2.26. The first kappa shape index (κ1) is 24.7. The van der Waals surface area contributed by atoms with E-state index >= 15 is 0 Å². The van der Waals surface area contributed by atoms with E-state index in [1.54, 1.807) is 24.3 Å². The largest absolute Gasteiger partial charge is 0.465 e. The number of aryl methyl sites for hydroxylation is 3. The second-order valence-corrected chi connectivity index (χ2v) is 8.63. The van der Waals surface area contributed by atoms with Crippen LogP contribution in [-0.4, -0.2) is 35.5 Å². The molecule has 1 aliphatic rings. The van der Waals surface area contributed by atoms with Gasteiger partial charge in [0.15, 0.2) is 0 Å². The summed E-state index contributed by atoms with van der Waals surface area (Å²) in [4.78, 5) is 51.3. The summed E-state index contributed by atoms with van der Waals surface area (Å²) in [5.41, 5.74) is 5.82. The first-order valence-electron chi connectivity index (χ1n) is 11.5. The summed E-state index contributed by atoms with van der Waals surface area (Å²) in [5, 5.41) is 2.27.